The number of nitrogens with zero attached hydrogens (tertiary/aromatic N) is 4. The van der Waals surface area contributed by atoms with Crippen molar-refractivity contribution in [2.45, 2.75) is 13.1 Å². The van der Waals surface area contributed by atoms with Crippen molar-refractivity contribution in [3.63, 3.8) is 0 Å². The first-order valence-electron chi connectivity index (χ1n) is 17.1. The summed E-state index contributed by atoms with van der Waals surface area (Å²) in [6, 6.07) is 39.5. The summed E-state index contributed by atoms with van der Waals surface area (Å²) in [5, 5.41) is 5.22. The Hall–Kier alpha value is -5.04. The zero-order chi connectivity index (χ0) is 33.9. The molecule has 0 aliphatic rings. The molecule has 0 spiro atoms. The van der Waals surface area contributed by atoms with Crippen LogP contribution >= 0.6 is 21.6 Å². The fourth-order valence-electron chi connectivity index (χ4n) is 6.82. The first-order valence-corrected chi connectivity index (χ1v) is 19.6. The molecule has 0 fully saturated rings. The van der Waals surface area contributed by atoms with Gasteiger partial charge in [-0.05, 0) is 58.7 Å². The van der Waals surface area contributed by atoms with Gasteiger partial charge in [0.15, 0.2) is 37.9 Å². The SMILES string of the molecule is Cn1c2ccccc2c2cc(/C=C/c3cc[n+](CCSSCC[n+]4ccc(/C=C/c5ccc6c(c5)c5ccccc5n6C)cc4)cc3)ccc21. The molecule has 0 aliphatic heterocycles. The Labute approximate surface area is 301 Å². The van der Waals surface area contributed by atoms with Crippen molar-refractivity contribution in [1.82, 2.24) is 9.13 Å². The van der Waals surface area contributed by atoms with Crippen LogP contribution in [0.5, 0.6) is 0 Å². The Morgan fingerprint density at radius 1 is 0.440 bits per heavy atom. The number of hydrogen-bond donors (Lipinski definition) is 0. The van der Waals surface area contributed by atoms with Crippen LogP contribution in [0.15, 0.2) is 134 Å². The molecular formula is C44H40N4S2+2. The molecule has 50 heavy (non-hydrogen) atoms. The Balaban J connectivity index is 0.779. The third-order valence-electron chi connectivity index (χ3n) is 9.59. The van der Waals surface area contributed by atoms with Crippen molar-refractivity contribution in [3.8, 4) is 0 Å². The molecule has 8 rings (SSSR count). The van der Waals surface area contributed by atoms with Gasteiger partial charge in [0.2, 0.25) is 0 Å². The molecule has 8 aromatic rings. The van der Waals surface area contributed by atoms with E-state index in [2.05, 4.69) is 191 Å². The summed E-state index contributed by atoms with van der Waals surface area (Å²) in [6.45, 7) is 2.00. The summed E-state index contributed by atoms with van der Waals surface area (Å²) < 4.78 is 9.09. The van der Waals surface area contributed by atoms with Crippen LogP contribution in [0.3, 0.4) is 0 Å². The molecule has 0 aliphatic carbocycles. The molecule has 0 radical (unpaired) electrons. The second-order valence-corrected chi connectivity index (χ2v) is 15.5. The van der Waals surface area contributed by atoms with E-state index in [1.807, 2.05) is 21.6 Å². The van der Waals surface area contributed by atoms with Gasteiger partial charge < -0.3 is 9.13 Å². The van der Waals surface area contributed by atoms with Gasteiger partial charge in [0, 0.05) is 82.0 Å². The predicted molar refractivity (Wildman–Crippen MR) is 217 cm³/mol. The summed E-state index contributed by atoms with van der Waals surface area (Å²) in [6.07, 6.45) is 17.6. The summed E-state index contributed by atoms with van der Waals surface area (Å²) in [7, 11) is 8.18. The van der Waals surface area contributed by atoms with E-state index in [0.29, 0.717) is 0 Å². The maximum absolute atomic E-state index is 2.30. The van der Waals surface area contributed by atoms with Gasteiger partial charge in [-0.3, -0.25) is 0 Å². The number of fused-ring (bicyclic) bond motifs is 6. The topological polar surface area (TPSA) is 17.6 Å². The normalized spacial score (nSPS) is 12.1. The maximum Gasteiger partial charge on any atom is 0.169 e. The minimum absolute atomic E-state index is 1.00. The van der Waals surface area contributed by atoms with Crippen LogP contribution in [0, 0.1) is 0 Å². The van der Waals surface area contributed by atoms with Crippen molar-refractivity contribution < 1.29 is 9.13 Å². The molecular weight excluding hydrogens is 649 g/mol. The minimum Gasteiger partial charge on any atom is -0.344 e. The Morgan fingerprint density at radius 2 is 0.820 bits per heavy atom. The molecule has 0 N–H and O–H groups in total. The van der Waals surface area contributed by atoms with Crippen LogP contribution in [-0.4, -0.2) is 20.6 Å². The molecule has 0 bridgehead atoms. The Morgan fingerprint density at radius 3 is 1.26 bits per heavy atom. The lowest BCUT2D eigenvalue weighted by molar-refractivity contribution is -0.692. The van der Waals surface area contributed by atoms with Gasteiger partial charge in [-0.2, -0.15) is 0 Å². The molecule has 0 saturated heterocycles. The van der Waals surface area contributed by atoms with Gasteiger partial charge >= 0.3 is 0 Å². The number of aromatic nitrogens is 4. The largest absolute Gasteiger partial charge is 0.344 e. The quantitative estimate of drug-likeness (QED) is 0.0765. The molecule has 6 heteroatoms. The molecule has 0 unspecified atom stereocenters. The number of pyridine rings is 2. The van der Waals surface area contributed by atoms with E-state index in [0.717, 1.165) is 24.6 Å². The third-order valence-corrected chi connectivity index (χ3v) is 12.0. The minimum atomic E-state index is 1.00. The molecule has 246 valence electrons. The fourth-order valence-corrected chi connectivity index (χ4v) is 8.79. The molecule has 4 nitrogen and oxygen atoms in total. The van der Waals surface area contributed by atoms with Crippen LogP contribution in [0.25, 0.3) is 67.9 Å². The molecule has 0 amide bonds. The van der Waals surface area contributed by atoms with E-state index in [4.69, 9.17) is 0 Å². The Kier molecular flexibility index (Phi) is 9.29. The standard InChI is InChI=1S/C44H40N4S2/c1-45-41-9-5-3-7-37(41)39-31-35(15-17-43(39)45)13-11-33-19-23-47(24-20-33)27-29-49-50-30-28-48-25-21-34(22-26-48)12-14-36-16-18-44-40(32-36)38-8-4-6-10-42(38)46(44)2/h3-26,31-32H,27-30H2,1-2H3/q+2. The number of para-hydroxylation sites is 2. The Bertz CT molecular complexity index is 2330. The van der Waals surface area contributed by atoms with Crippen LogP contribution in [0.2, 0.25) is 0 Å². The molecule has 0 saturated carbocycles. The molecule has 4 aromatic carbocycles. The van der Waals surface area contributed by atoms with Crippen LogP contribution in [-0.2, 0) is 27.2 Å². The number of aryl methyl sites for hydroxylation is 4. The summed E-state index contributed by atoms with van der Waals surface area (Å²) in [5.41, 5.74) is 9.93. The van der Waals surface area contributed by atoms with Crippen molar-refractivity contribution in [1.29, 1.82) is 0 Å². The fraction of sp³-hybridized carbons (Fsp3) is 0.136. The van der Waals surface area contributed by atoms with Crippen LogP contribution in [0.1, 0.15) is 22.3 Å². The highest BCUT2D eigenvalue weighted by Gasteiger charge is 2.09. The second kappa shape index (κ2) is 14.4. The molecule has 4 aromatic heterocycles. The zero-order valence-electron chi connectivity index (χ0n) is 28.4. The monoisotopic (exact) mass is 688 g/mol. The van der Waals surface area contributed by atoms with Gasteiger partial charge in [0.05, 0.1) is 11.5 Å². The third kappa shape index (κ3) is 6.74. The highest BCUT2D eigenvalue weighted by Crippen LogP contribution is 2.30. The van der Waals surface area contributed by atoms with E-state index < -0.39 is 0 Å². The van der Waals surface area contributed by atoms with Gasteiger partial charge in [-0.15, -0.1) is 0 Å². The van der Waals surface area contributed by atoms with Gasteiger partial charge in [-0.25, -0.2) is 9.13 Å². The van der Waals surface area contributed by atoms with Gasteiger partial charge in [0.25, 0.3) is 0 Å². The summed E-state index contributed by atoms with van der Waals surface area (Å²) in [5.74, 6) is 2.16. The van der Waals surface area contributed by atoms with E-state index in [9.17, 15) is 0 Å². The maximum atomic E-state index is 2.30. The molecule has 4 heterocycles. The number of benzene rings is 4. The van der Waals surface area contributed by atoms with Gasteiger partial charge in [0.1, 0.15) is 0 Å². The average Bonchev–Trinajstić information content (AvgIpc) is 3.61. The van der Waals surface area contributed by atoms with Gasteiger partial charge in [-0.1, -0.05) is 94.4 Å². The van der Waals surface area contributed by atoms with Crippen molar-refractivity contribution in [2.24, 2.45) is 14.1 Å². The molecule has 0 atom stereocenters. The van der Waals surface area contributed by atoms with E-state index in [1.165, 1.54) is 65.9 Å². The van der Waals surface area contributed by atoms with Crippen LogP contribution in [0.4, 0.5) is 0 Å². The first-order chi connectivity index (χ1) is 24.6. The predicted octanol–water partition coefficient (Wildman–Crippen LogP) is 9.97. The van der Waals surface area contributed by atoms with E-state index >= 15 is 0 Å². The lowest BCUT2D eigenvalue weighted by Crippen LogP contribution is -2.34. The highest BCUT2D eigenvalue weighted by atomic mass is 33.1. The van der Waals surface area contributed by atoms with E-state index in [-0.39, 0.29) is 0 Å². The van der Waals surface area contributed by atoms with Crippen LogP contribution < -0.4 is 9.13 Å². The zero-order valence-corrected chi connectivity index (χ0v) is 30.1. The van der Waals surface area contributed by atoms with Crippen molar-refractivity contribution in [3.05, 3.63) is 156 Å². The number of hydrogen-bond acceptors (Lipinski definition) is 2. The van der Waals surface area contributed by atoms with E-state index in [1.54, 1.807) is 0 Å². The average molecular weight is 689 g/mol. The highest BCUT2D eigenvalue weighted by molar-refractivity contribution is 8.76. The first kappa shape index (κ1) is 32.2. The van der Waals surface area contributed by atoms with Crippen molar-refractivity contribution in [2.75, 3.05) is 11.5 Å². The second-order valence-electron chi connectivity index (χ2n) is 12.8. The smallest absolute Gasteiger partial charge is 0.169 e. The number of rotatable bonds is 11. The lowest BCUT2D eigenvalue weighted by Gasteiger charge is -2.00. The summed E-state index contributed by atoms with van der Waals surface area (Å²) >= 11 is 0. The van der Waals surface area contributed by atoms with Crippen molar-refractivity contribution >= 4 is 89.5 Å². The lowest BCUT2D eigenvalue weighted by atomic mass is 10.1. The summed E-state index contributed by atoms with van der Waals surface area (Å²) in [4.78, 5) is 0.